The minimum Gasteiger partial charge on any atom is -0.491 e. The molecule has 65 heavy (non-hydrogen) atoms. The maximum Gasteiger partial charge on any atom is 0.502 e. The minimum atomic E-state index is -4.48. The van der Waals surface area contributed by atoms with Crippen LogP contribution in [0.5, 0.6) is 11.5 Å². The summed E-state index contributed by atoms with van der Waals surface area (Å²) >= 11 is 0. The quantitative estimate of drug-likeness (QED) is 0.0666. The SMILES string of the molecule is CC(C)(C)O[Si](CCC(C)(C)OCCOc1ccc(C2(c3ccc(F)cc3)C=Cc3c4c(c5ccccc5c3O2)-c2ccc(C(F)(F)F)cc2C4(C)C)cc1)(OC(C)(C)C)OC(C)(C)C. The Labute approximate surface area is 383 Å². The van der Waals surface area contributed by atoms with Crippen LogP contribution < -0.4 is 9.47 Å². The van der Waals surface area contributed by atoms with Crippen molar-refractivity contribution in [3.63, 3.8) is 0 Å². The second kappa shape index (κ2) is 17.0. The van der Waals surface area contributed by atoms with Gasteiger partial charge in [-0.15, -0.1) is 0 Å². The molecular weight excluding hydrogens is 849 g/mol. The lowest BCUT2D eigenvalue weighted by molar-refractivity contribution is -0.137. The first-order valence-corrected chi connectivity index (χ1v) is 24.4. The zero-order chi connectivity index (χ0) is 47.6. The molecule has 0 aromatic heterocycles. The van der Waals surface area contributed by atoms with Crippen LogP contribution in [0.4, 0.5) is 17.6 Å². The van der Waals surface area contributed by atoms with E-state index in [-0.39, 0.29) is 5.82 Å². The Kier molecular flexibility index (Phi) is 12.6. The lowest BCUT2D eigenvalue weighted by Crippen LogP contribution is -2.57. The predicted molar refractivity (Wildman–Crippen MR) is 253 cm³/mol. The van der Waals surface area contributed by atoms with Crippen molar-refractivity contribution in [2.75, 3.05) is 13.2 Å². The summed E-state index contributed by atoms with van der Waals surface area (Å²) < 4.78 is 96.6. The Morgan fingerprint density at radius 2 is 1.22 bits per heavy atom. The van der Waals surface area contributed by atoms with Gasteiger partial charge in [0, 0.05) is 33.5 Å². The van der Waals surface area contributed by atoms with Gasteiger partial charge in [-0.3, -0.25) is 0 Å². The van der Waals surface area contributed by atoms with Gasteiger partial charge in [0.05, 0.1) is 34.6 Å². The van der Waals surface area contributed by atoms with Crippen LogP contribution in [0.1, 0.15) is 130 Å². The topological polar surface area (TPSA) is 55.4 Å². The van der Waals surface area contributed by atoms with Crippen molar-refractivity contribution in [2.24, 2.45) is 0 Å². The van der Waals surface area contributed by atoms with Crippen molar-refractivity contribution in [1.82, 2.24) is 0 Å². The van der Waals surface area contributed by atoms with Gasteiger partial charge in [0.25, 0.3) is 0 Å². The second-order valence-electron chi connectivity index (χ2n) is 21.4. The number of hydrogen-bond donors (Lipinski definition) is 0. The highest BCUT2D eigenvalue weighted by atomic mass is 28.4. The summed E-state index contributed by atoms with van der Waals surface area (Å²) in [7, 11) is -3.21. The Morgan fingerprint density at radius 3 is 1.77 bits per heavy atom. The predicted octanol–water partition coefficient (Wildman–Crippen LogP) is 14.6. The highest BCUT2D eigenvalue weighted by Gasteiger charge is 2.51. The number of ether oxygens (including phenoxy) is 3. The van der Waals surface area contributed by atoms with Crippen molar-refractivity contribution in [3.8, 4) is 22.6 Å². The summed E-state index contributed by atoms with van der Waals surface area (Å²) in [6, 6.07) is 26.4. The molecule has 1 unspecified atom stereocenters. The molecule has 6 nitrogen and oxygen atoms in total. The molecule has 0 fully saturated rings. The molecule has 0 N–H and O–H groups in total. The molecule has 1 aliphatic carbocycles. The van der Waals surface area contributed by atoms with E-state index in [0.717, 1.165) is 44.7 Å². The van der Waals surface area contributed by atoms with E-state index >= 15 is 0 Å². The lowest BCUT2D eigenvalue weighted by Gasteiger charge is -2.44. The monoisotopic (exact) mass is 912 g/mol. The van der Waals surface area contributed by atoms with Crippen LogP contribution in [-0.4, -0.2) is 44.4 Å². The Balaban J connectivity index is 1.13. The number of rotatable bonds is 13. The average molecular weight is 913 g/mol. The highest BCUT2D eigenvalue weighted by molar-refractivity contribution is 6.61. The molecule has 1 heterocycles. The molecule has 2 aliphatic rings. The van der Waals surface area contributed by atoms with Crippen molar-refractivity contribution in [1.29, 1.82) is 0 Å². The van der Waals surface area contributed by atoms with Crippen LogP contribution in [0, 0.1) is 5.82 Å². The van der Waals surface area contributed by atoms with Crippen LogP contribution in [-0.2, 0) is 35.2 Å². The first kappa shape index (κ1) is 48.4. The van der Waals surface area contributed by atoms with Gasteiger partial charge in [0.2, 0.25) is 0 Å². The average Bonchev–Trinajstić information content (AvgIpc) is 3.43. The maximum atomic E-state index is 14.5. The molecule has 0 saturated heterocycles. The number of hydrogen-bond acceptors (Lipinski definition) is 6. The van der Waals surface area contributed by atoms with Crippen molar-refractivity contribution in [2.45, 2.75) is 142 Å². The van der Waals surface area contributed by atoms with Gasteiger partial charge in [-0.1, -0.05) is 74.5 Å². The van der Waals surface area contributed by atoms with E-state index in [1.807, 2.05) is 137 Å². The van der Waals surface area contributed by atoms with Gasteiger partial charge in [-0.25, -0.2) is 4.39 Å². The minimum absolute atomic E-state index is 0.299. The smallest absolute Gasteiger partial charge is 0.491 e. The molecule has 0 spiro atoms. The van der Waals surface area contributed by atoms with Crippen molar-refractivity contribution >= 4 is 25.7 Å². The largest absolute Gasteiger partial charge is 0.502 e. The van der Waals surface area contributed by atoms with E-state index in [4.69, 9.17) is 27.5 Å². The number of halogens is 4. The molecule has 5 aromatic rings. The fraction of sp³-hybridized carbons (Fsp3) is 0.444. The molecule has 0 bridgehead atoms. The number of alkyl halides is 3. The third-order valence-electron chi connectivity index (χ3n) is 11.7. The fourth-order valence-corrected chi connectivity index (χ4v) is 13.3. The highest BCUT2D eigenvalue weighted by Crippen LogP contribution is 2.58. The first-order valence-electron chi connectivity index (χ1n) is 22.5. The molecule has 0 amide bonds. The summed E-state index contributed by atoms with van der Waals surface area (Å²) in [5.41, 5.74) is 0.840. The lowest BCUT2D eigenvalue weighted by atomic mass is 9.76. The molecule has 0 saturated carbocycles. The maximum absolute atomic E-state index is 14.5. The van der Waals surface area contributed by atoms with Gasteiger partial charge in [0.1, 0.15) is 23.9 Å². The molecule has 1 atom stereocenters. The summed E-state index contributed by atoms with van der Waals surface area (Å²) in [5, 5.41) is 1.70. The van der Waals surface area contributed by atoms with Crippen LogP contribution in [0.2, 0.25) is 6.04 Å². The van der Waals surface area contributed by atoms with Crippen LogP contribution in [0.3, 0.4) is 0 Å². The molecule has 7 rings (SSSR count). The van der Waals surface area contributed by atoms with Gasteiger partial charge in [0.15, 0.2) is 5.60 Å². The van der Waals surface area contributed by atoms with E-state index in [0.29, 0.717) is 48.3 Å². The van der Waals surface area contributed by atoms with E-state index in [1.165, 1.54) is 18.2 Å². The van der Waals surface area contributed by atoms with E-state index < -0.39 is 54.0 Å². The van der Waals surface area contributed by atoms with Crippen molar-refractivity contribution in [3.05, 3.63) is 136 Å². The van der Waals surface area contributed by atoms with Crippen molar-refractivity contribution < 1.29 is 45.1 Å². The molecular formula is C54H64F4O6Si. The summed E-state index contributed by atoms with van der Waals surface area (Å²) in [4.78, 5) is 0. The molecule has 0 radical (unpaired) electrons. The Hall–Kier alpha value is -4.52. The van der Waals surface area contributed by atoms with Crippen LogP contribution in [0.15, 0.2) is 97.1 Å². The zero-order valence-electron chi connectivity index (χ0n) is 40.1. The van der Waals surface area contributed by atoms with Crippen LogP contribution >= 0.6 is 0 Å². The van der Waals surface area contributed by atoms with E-state index in [2.05, 4.69) is 13.8 Å². The van der Waals surface area contributed by atoms with Gasteiger partial charge in [-0.05, 0) is 153 Å². The second-order valence-corrected chi connectivity index (χ2v) is 23.9. The van der Waals surface area contributed by atoms with Crippen LogP contribution in [0.25, 0.3) is 28.0 Å². The summed E-state index contributed by atoms with van der Waals surface area (Å²) in [6.07, 6.45) is 0.139. The Morgan fingerprint density at radius 1 is 0.662 bits per heavy atom. The van der Waals surface area contributed by atoms with E-state index in [9.17, 15) is 17.6 Å². The number of benzene rings is 5. The van der Waals surface area contributed by atoms with E-state index in [1.54, 1.807) is 18.2 Å². The molecule has 348 valence electrons. The summed E-state index contributed by atoms with van der Waals surface area (Å²) in [5.74, 6) is 0.853. The number of fused-ring (bicyclic) bond motifs is 8. The molecule has 1 aliphatic heterocycles. The third kappa shape index (κ3) is 10.4. The third-order valence-corrected chi connectivity index (χ3v) is 15.3. The Bertz CT molecular complexity index is 2520. The fourth-order valence-electron chi connectivity index (χ4n) is 9.20. The molecule has 5 aromatic carbocycles. The zero-order valence-corrected chi connectivity index (χ0v) is 41.1. The molecule has 11 heteroatoms. The van der Waals surface area contributed by atoms with Gasteiger partial charge in [-0.2, -0.15) is 13.2 Å². The standard InChI is InChI=1S/C54H64F4O6Si/c1-48(2,3)62-65(63-49(4,5)6,64-50(7,8)9)33-30-51(10,11)60-32-31-59-39-25-20-36(21-26-39)53(35-18-23-38(55)24-19-35)29-28-43-46-45(40-16-14-15-17-41(40)47(43)61-53)42-27-22-37(54(56,57)58)34-44(42)52(46,12)13/h14-29,34H,30-33H2,1-13H3. The van der Waals surface area contributed by atoms with Gasteiger partial charge < -0.3 is 27.5 Å². The van der Waals surface area contributed by atoms with Gasteiger partial charge >= 0.3 is 15.0 Å². The normalized spacial score (nSPS) is 17.4. The summed E-state index contributed by atoms with van der Waals surface area (Å²) in [6.45, 7) is 26.9. The first-order chi connectivity index (χ1) is 30.0.